The number of para-hydroxylation sites is 2. The maximum Gasteiger partial charge on any atom is 0.156 e. The smallest absolute Gasteiger partial charge is 0.156 e. The minimum atomic E-state index is 0.0255. The average molecular weight is 338 g/mol. The van der Waals surface area contributed by atoms with Gasteiger partial charge in [-0.15, -0.1) is 0 Å². The van der Waals surface area contributed by atoms with Gasteiger partial charge in [-0.3, -0.25) is 0 Å². The Kier molecular flexibility index (Phi) is 6.41. The van der Waals surface area contributed by atoms with Crippen LogP contribution in [-0.4, -0.2) is 19.2 Å². The highest BCUT2D eigenvalue weighted by atomic mass is 35.5. The van der Waals surface area contributed by atoms with Crippen LogP contribution in [0.2, 0.25) is 10.0 Å². The van der Waals surface area contributed by atoms with Crippen molar-refractivity contribution in [1.82, 2.24) is 0 Å². The van der Waals surface area contributed by atoms with Crippen LogP contribution in [0.1, 0.15) is 20.3 Å². The molecule has 0 saturated heterocycles. The summed E-state index contributed by atoms with van der Waals surface area (Å²) in [7, 11) is 0. The summed E-state index contributed by atoms with van der Waals surface area (Å²) in [5, 5.41) is 1.10. The molecule has 0 N–H and O–H groups in total. The molecule has 0 spiro atoms. The fourth-order valence-electron chi connectivity index (χ4n) is 2.31. The third-order valence-electron chi connectivity index (χ3n) is 3.59. The Balaban J connectivity index is 2.11. The van der Waals surface area contributed by atoms with Crippen LogP contribution in [0.4, 0.5) is 5.69 Å². The van der Waals surface area contributed by atoms with E-state index in [9.17, 15) is 0 Å². The van der Waals surface area contributed by atoms with E-state index in [1.54, 1.807) is 12.1 Å². The van der Waals surface area contributed by atoms with E-state index >= 15 is 0 Å². The van der Waals surface area contributed by atoms with Crippen LogP contribution >= 0.6 is 23.2 Å². The third-order valence-corrected chi connectivity index (χ3v) is 4.18. The summed E-state index contributed by atoms with van der Waals surface area (Å²) < 4.78 is 6.07. The van der Waals surface area contributed by atoms with Crippen molar-refractivity contribution in [3.05, 3.63) is 58.6 Å². The molecule has 0 bridgehead atoms. The molecule has 0 heterocycles. The lowest BCUT2D eigenvalue weighted by Gasteiger charge is -2.28. The van der Waals surface area contributed by atoms with Crippen LogP contribution < -0.4 is 9.64 Å². The third kappa shape index (κ3) is 4.31. The first-order valence-corrected chi connectivity index (χ1v) is 8.32. The molecule has 0 aliphatic heterocycles. The molecule has 0 fully saturated rings. The van der Waals surface area contributed by atoms with Crippen molar-refractivity contribution >= 4 is 28.9 Å². The number of halogens is 2. The molecule has 0 radical (unpaired) electrons. The van der Waals surface area contributed by atoms with E-state index in [2.05, 4.69) is 30.9 Å². The first-order chi connectivity index (χ1) is 10.7. The number of nitrogens with zero attached hydrogens (tertiary/aromatic N) is 1. The number of hydrogen-bond donors (Lipinski definition) is 0. The van der Waals surface area contributed by atoms with Gasteiger partial charge in [0.25, 0.3) is 0 Å². The molecule has 2 aromatic rings. The second-order valence-corrected chi connectivity index (χ2v) is 5.89. The minimum absolute atomic E-state index is 0.0255. The number of likely N-dealkylation sites (N-methyl/N-ethyl adjacent to an activating group) is 1. The van der Waals surface area contributed by atoms with Crippen molar-refractivity contribution in [2.45, 2.75) is 26.4 Å². The fraction of sp³-hybridized carbons (Fsp3) is 0.333. The van der Waals surface area contributed by atoms with Crippen LogP contribution in [-0.2, 0) is 0 Å². The van der Waals surface area contributed by atoms with Gasteiger partial charge in [0.05, 0.1) is 16.6 Å². The maximum atomic E-state index is 6.19. The van der Waals surface area contributed by atoms with E-state index in [1.165, 1.54) is 5.69 Å². The lowest BCUT2D eigenvalue weighted by Crippen LogP contribution is -2.35. The summed E-state index contributed by atoms with van der Waals surface area (Å²) in [6.45, 7) is 5.95. The summed E-state index contributed by atoms with van der Waals surface area (Å²) >= 11 is 12.4. The Labute approximate surface area is 142 Å². The van der Waals surface area contributed by atoms with E-state index in [1.807, 2.05) is 24.3 Å². The lowest BCUT2D eigenvalue weighted by atomic mass is 10.2. The van der Waals surface area contributed by atoms with Gasteiger partial charge in [-0.1, -0.05) is 54.4 Å². The SMILES string of the molecule is CCC(CN(CC)c1ccccc1)Oc1c(Cl)cccc1Cl. The van der Waals surface area contributed by atoms with Crippen LogP contribution in [0.25, 0.3) is 0 Å². The largest absolute Gasteiger partial charge is 0.485 e. The van der Waals surface area contributed by atoms with Crippen LogP contribution in [0.3, 0.4) is 0 Å². The van der Waals surface area contributed by atoms with Crippen LogP contribution in [0.5, 0.6) is 5.75 Å². The standard InChI is InChI=1S/C18H21Cl2NO/c1-3-15(22-18-16(19)11-8-12-17(18)20)13-21(4-2)14-9-6-5-7-10-14/h5-12,15H,3-4,13H2,1-2H3. The monoisotopic (exact) mass is 337 g/mol. The van der Waals surface area contributed by atoms with Gasteiger partial charge < -0.3 is 9.64 Å². The number of hydrogen-bond acceptors (Lipinski definition) is 2. The fourth-order valence-corrected chi connectivity index (χ4v) is 2.80. The Hall–Kier alpha value is -1.38. The number of ether oxygens (including phenoxy) is 1. The lowest BCUT2D eigenvalue weighted by molar-refractivity contribution is 0.202. The highest BCUT2D eigenvalue weighted by Crippen LogP contribution is 2.33. The molecule has 118 valence electrons. The van der Waals surface area contributed by atoms with E-state index in [0.717, 1.165) is 19.5 Å². The van der Waals surface area contributed by atoms with Gasteiger partial charge in [-0.05, 0) is 37.6 Å². The molecule has 0 saturated carbocycles. The highest BCUT2D eigenvalue weighted by Gasteiger charge is 2.17. The van der Waals surface area contributed by atoms with Gasteiger partial charge in [0.15, 0.2) is 5.75 Å². The molecule has 4 heteroatoms. The number of anilines is 1. The van der Waals surface area contributed by atoms with Crippen molar-refractivity contribution < 1.29 is 4.74 Å². The Morgan fingerprint density at radius 2 is 1.59 bits per heavy atom. The predicted octanol–water partition coefficient (Wildman–Crippen LogP) is 5.68. The second kappa shape index (κ2) is 8.30. The van der Waals surface area contributed by atoms with Gasteiger partial charge in [-0.25, -0.2) is 0 Å². The van der Waals surface area contributed by atoms with Crippen LogP contribution in [0, 0.1) is 0 Å². The molecule has 0 aliphatic rings. The molecule has 1 unspecified atom stereocenters. The zero-order chi connectivity index (χ0) is 15.9. The quantitative estimate of drug-likeness (QED) is 0.644. The first kappa shape index (κ1) is 17.0. The molecule has 0 aliphatic carbocycles. The van der Waals surface area contributed by atoms with Crippen molar-refractivity contribution in [1.29, 1.82) is 0 Å². The molecule has 2 aromatic carbocycles. The van der Waals surface area contributed by atoms with Crippen molar-refractivity contribution in [3.63, 3.8) is 0 Å². The minimum Gasteiger partial charge on any atom is -0.485 e. The van der Waals surface area contributed by atoms with Crippen LogP contribution in [0.15, 0.2) is 48.5 Å². The molecular formula is C18H21Cl2NO. The zero-order valence-electron chi connectivity index (χ0n) is 12.9. The molecular weight excluding hydrogens is 317 g/mol. The number of benzene rings is 2. The van der Waals surface area contributed by atoms with E-state index in [0.29, 0.717) is 15.8 Å². The first-order valence-electron chi connectivity index (χ1n) is 7.56. The molecule has 2 nitrogen and oxygen atoms in total. The number of rotatable bonds is 7. The summed E-state index contributed by atoms with van der Waals surface area (Å²) in [4.78, 5) is 2.29. The zero-order valence-corrected chi connectivity index (χ0v) is 14.4. The molecule has 2 rings (SSSR count). The Morgan fingerprint density at radius 1 is 0.955 bits per heavy atom. The van der Waals surface area contributed by atoms with Gasteiger partial charge >= 0.3 is 0 Å². The van der Waals surface area contributed by atoms with Crippen molar-refractivity contribution in [2.75, 3.05) is 18.0 Å². The summed E-state index contributed by atoms with van der Waals surface area (Å²) in [5.41, 5.74) is 1.19. The summed E-state index contributed by atoms with van der Waals surface area (Å²) in [5.74, 6) is 0.571. The Bertz CT molecular complexity index is 569. The second-order valence-electron chi connectivity index (χ2n) is 5.07. The van der Waals surface area contributed by atoms with E-state index in [4.69, 9.17) is 27.9 Å². The molecule has 22 heavy (non-hydrogen) atoms. The normalized spacial score (nSPS) is 12.0. The highest BCUT2D eigenvalue weighted by molar-refractivity contribution is 6.37. The van der Waals surface area contributed by atoms with Gasteiger partial charge in [0.2, 0.25) is 0 Å². The average Bonchev–Trinajstić information content (AvgIpc) is 2.55. The van der Waals surface area contributed by atoms with Crippen molar-refractivity contribution in [3.8, 4) is 5.75 Å². The van der Waals surface area contributed by atoms with Gasteiger partial charge in [0.1, 0.15) is 6.10 Å². The van der Waals surface area contributed by atoms with Crippen molar-refractivity contribution in [2.24, 2.45) is 0 Å². The van der Waals surface area contributed by atoms with E-state index < -0.39 is 0 Å². The molecule has 0 amide bonds. The van der Waals surface area contributed by atoms with Gasteiger partial charge in [0, 0.05) is 12.2 Å². The van der Waals surface area contributed by atoms with Gasteiger partial charge in [-0.2, -0.15) is 0 Å². The molecule has 1 atom stereocenters. The summed E-state index contributed by atoms with van der Waals surface area (Å²) in [6, 6.07) is 15.7. The summed E-state index contributed by atoms with van der Waals surface area (Å²) in [6.07, 6.45) is 0.905. The maximum absolute atomic E-state index is 6.19. The predicted molar refractivity (Wildman–Crippen MR) is 95.5 cm³/mol. The molecule has 0 aromatic heterocycles. The topological polar surface area (TPSA) is 12.5 Å². The Morgan fingerprint density at radius 3 is 2.14 bits per heavy atom. The van der Waals surface area contributed by atoms with E-state index in [-0.39, 0.29) is 6.10 Å².